The summed E-state index contributed by atoms with van der Waals surface area (Å²) in [7, 11) is 1.96. The Morgan fingerprint density at radius 2 is 1.77 bits per heavy atom. The molecule has 1 amide bonds. The predicted molar refractivity (Wildman–Crippen MR) is 125 cm³/mol. The molecule has 1 atom stereocenters. The van der Waals surface area contributed by atoms with Crippen molar-refractivity contribution in [2.24, 2.45) is 5.92 Å². The predicted octanol–water partition coefficient (Wildman–Crippen LogP) is 4.94. The van der Waals surface area contributed by atoms with Crippen LogP contribution in [0, 0.1) is 5.92 Å². The van der Waals surface area contributed by atoms with Crippen molar-refractivity contribution in [3.63, 3.8) is 0 Å². The van der Waals surface area contributed by atoms with Crippen molar-refractivity contribution in [3.05, 3.63) is 70.1 Å². The number of hydrogen-bond acceptors (Lipinski definition) is 5. The molecule has 0 spiro atoms. The largest absolute Gasteiger partial charge is 0.480 e. The van der Waals surface area contributed by atoms with Crippen molar-refractivity contribution < 1.29 is 14.7 Å². The smallest absolute Gasteiger partial charge is 0.326 e. The van der Waals surface area contributed by atoms with Gasteiger partial charge in [0.05, 0.1) is 5.69 Å². The van der Waals surface area contributed by atoms with E-state index in [2.05, 4.69) is 5.32 Å². The quantitative estimate of drug-likeness (QED) is 0.500. The molecule has 162 valence electrons. The molecular weight excluding hydrogens is 434 g/mol. The second-order valence-electron chi connectivity index (χ2n) is 7.61. The summed E-state index contributed by atoms with van der Waals surface area (Å²) < 4.78 is 0. The first-order valence-corrected chi connectivity index (χ1v) is 11.1. The van der Waals surface area contributed by atoms with Crippen LogP contribution in [0.2, 0.25) is 5.02 Å². The molecule has 0 aliphatic heterocycles. The van der Waals surface area contributed by atoms with Crippen molar-refractivity contribution in [2.75, 3.05) is 11.9 Å². The molecule has 3 aromatic rings. The molecule has 0 saturated heterocycles. The number of aliphatic carboxylic acids is 1. The van der Waals surface area contributed by atoms with Crippen LogP contribution in [0.4, 0.5) is 5.13 Å². The zero-order chi connectivity index (χ0) is 22.5. The van der Waals surface area contributed by atoms with Crippen LogP contribution in [-0.4, -0.2) is 35.1 Å². The number of thiazole rings is 1. The first kappa shape index (κ1) is 22.8. The van der Waals surface area contributed by atoms with Gasteiger partial charge in [-0.15, -0.1) is 11.3 Å². The Morgan fingerprint density at radius 3 is 2.35 bits per heavy atom. The second-order valence-corrected chi connectivity index (χ2v) is 8.88. The number of carbonyl (C=O) groups is 2. The molecule has 0 radical (unpaired) electrons. The Kier molecular flexibility index (Phi) is 7.30. The maximum absolute atomic E-state index is 12.4. The van der Waals surface area contributed by atoms with Gasteiger partial charge in [0.15, 0.2) is 5.13 Å². The normalized spacial score (nSPS) is 11.9. The summed E-state index contributed by atoms with van der Waals surface area (Å²) in [5.74, 6) is -1.64. The fourth-order valence-electron chi connectivity index (χ4n) is 3.03. The van der Waals surface area contributed by atoms with Crippen LogP contribution in [0.1, 0.15) is 29.8 Å². The molecule has 8 heteroatoms. The molecule has 0 saturated carbocycles. The third-order valence-corrected chi connectivity index (χ3v) is 6.02. The second kappa shape index (κ2) is 9.94. The summed E-state index contributed by atoms with van der Waals surface area (Å²) in [6, 6.07) is 13.8. The van der Waals surface area contributed by atoms with Gasteiger partial charge < -0.3 is 15.3 Å². The standard InChI is InChI=1S/C23H24ClN3O3S/c1-14(2)20(22(29)30)26-21(28)17-6-4-15(5-7-17)12-27(3)23-25-19(13-31-23)16-8-10-18(24)11-9-16/h4-11,13-14,20H,12H2,1-3H3,(H,26,28)(H,29,30). The summed E-state index contributed by atoms with van der Waals surface area (Å²) in [4.78, 5) is 30.4. The number of aromatic nitrogens is 1. The Morgan fingerprint density at radius 1 is 1.13 bits per heavy atom. The molecule has 0 bridgehead atoms. The number of amides is 1. The summed E-state index contributed by atoms with van der Waals surface area (Å²) in [6.07, 6.45) is 0. The molecule has 1 aromatic heterocycles. The summed E-state index contributed by atoms with van der Waals surface area (Å²) >= 11 is 7.51. The number of hydrogen-bond donors (Lipinski definition) is 2. The Balaban J connectivity index is 1.64. The molecule has 0 aliphatic rings. The van der Waals surface area contributed by atoms with E-state index >= 15 is 0 Å². The van der Waals surface area contributed by atoms with Gasteiger partial charge in [0.25, 0.3) is 5.91 Å². The van der Waals surface area contributed by atoms with Crippen LogP contribution >= 0.6 is 22.9 Å². The molecule has 0 fully saturated rings. The number of nitrogens with zero attached hydrogens (tertiary/aromatic N) is 2. The highest BCUT2D eigenvalue weighted by atomic mass is 35.5. The Hall–Kier alpha value is -2.90. The lowest BCUT2D eigenvalue weighted by Gasteiger charge is -2.18. The zero-order valence-corrected chi connectivity index (χ0v) is 19.1. The van der Waals surface area contributed by atoms with Gasteiger partial charge in [-0.3, -0.25) is 4.79 Å². The minimum atomic E-state index is -1.04. The first-order chi connectivity index (χ1) is 14.7. The molecule has 1 unspecified atom stereocenters. The summed E-state index contributed by atoms with van der Waals surface area (Å²) in [5, 5.41) is 15.4. The molecule has 6 nitrogen and oxygen atoms in total. The number of halogens is 1. The van der Waals surface area contributed by atoms with E-state index in [1.807, 2.05) is 53.7 Å². The monoisotopic (exact) mass is 457 g/mol. The number of nitrogens with one attached hydrogen (secondary N) is 1. The number of anilines is 1. The highest BCUT2D eigenvalue weighted by Crippen LogP contribution is 2.28. The van der Waals surface area contributed by atoms with Crippen molar-refractivity contribution >= 4 is 39.9 Å². The van der Waals surface area contributed by atoms with E-state index in [0.29, 0.717) is 17.1 Å². The lowest BCUT2D eigenvalue weighted by molar-refractivity contribution is -0.140. The first-order valence-electron chi connectivity index (χ1n) is 9.80. The van der Waals surface area contributed by atoms with Gasteiger partial charge in [0.1, 0.15) is 6.04 Å². The van der Waals surface area contributed by atoms with E-state index in [9.17, 15) is 14.7 Å². The summed E-state index contributed by atoms with van der Waals surface area (Å²) in [5.41, 5.74) is 3.35. The zero-order valence-electron chi connectivity index (χ0n) is 17.5. The molecule has 2 N–H and O–H groups in total. The Bertz CT molecular complexity index is 1050. The van der Waals surface area contributed by atoms with Gasteiger partial charge in [-0.1, -0.05) is 49.7 Å². The lowest BCUT2D eigenvalue weighted by Crippen LogP contribution is -2.44. The van der Waals surface area contributed by atoms with Crippen LogP contribution in [0.5, 0.6) is 0 Å². The van der Waals surface area contributed by atoms with Crippen LogP contribution in [-0.2, 0) is 11.3 Å². The van der Waals surface area contributed by atoms with Crippen molar-refractivity contribution in [1.82, 2.24) is 10.3 Å². The number of carboxylic acid groups (broad SMARTS) is 1. The average molecular weight is 458 g/mol. The molecule has 3 rings (SSSR count). The van der Waals surface area contributed by atoms with Gasteiger partial charge in [-0.05, 0) is 35.7 Å². The fourth-order valence-corrected chi connectivity index (χ4v) is 3.96. The van der Waals surface area contributed by atoms with Crippen LogP contribution in [0.25, 0.3) is 11.3 Å². The highest BCUT2D eigenvalue weighted by Gasteiger charge is 2.23. The van der Waals surface area contributed by atoms with E-state index in [-0.39, 0.29) is 5.92 Å². The van der Waals surface area contributed by atoms with Gasteiger partial charge in [-0.25, -0.2) is 9.78 Å². The molecule has 1 heterocycles. The van der Waals surface area contributed by atoms with E-state index in [0.717, 1.165) is 22.0 Å². The third kappa shape index (κ3) is 5.83. The number of carbonyl (C=O) groups excluding carboxylic acids is 1. The summed E-state index contributed by atoms with van der Waals surface area (Å²) in [6.45, 7) is 4.14. The number of benzene rings is 2. The van der Waals surface area contributed by atoms with E-state index < -0.39 is 17.9 Å². The van der Waals surface area contributed by atoms with Gasteiger partial charge in [-0.2, -0.15) is 0 Å². The third-order valence-electron chi connectivity index (χ3n) is 4.81. The fraction of sp³-hybridized carbons (Fsp3) is 0.261. The van der Waals surface area contributed by atoms with Crippen molar-refractivity contribution in [1.29, 1.82) is 0 Å². The van der Waals surface area contributed by atoms with Crippen molar-refractivity contribution in [3.8, 4) is 11.3 Å². The maximum Gasteiger partial charge on any atom is 0.326 e. The minimum absolute atomic E-state index is 0.203. The van der Waals surface area contributed by atoms with E-state index in [1.165, 1.54) is 0 Å². The lowest BCUT2D eigenvalue weighted by atomic mass is 10.0. The van der Waals surface area contributed by atoms with Gasteiger partial charge in [0.2, 0.25) is 0 Å². The van der Waals surface area contributed by atoms with E-state index in [4.69, 9.17) is 16.6 Å². The maximum atomic E-state index is 12.4. The van der Waals surface area contributed by atoms with E-state index in [1.54, 1.807) is 37.3 Å². The van der Waals surface area contributed by atoms with Gasteiger partial charge in [0, 0.05) is 35.1 Å². The number of rotatable bonds is 8. The Labute approximate surface area is 190 Å². The van der Waals surface area contributed by atoms with Gasteiger partial charge >= 0.3 is 5.97 Å². The van der Waals surface area contributed by atoms with Crippen molar-refractivity contribution in [2.45, 2.75) is 26.4 Å². The van der Waals surface area contributed by atoms with Crippen LogP contribution in [0.3, 0.4) is 0 Å². The molecule has 31 heavy (non-hydrogen) atoms. The average Bonchev–Trinajstić information content (AvgIpc) is 3.23. The highest BCUT2D eigenvalue weighted by molar-refractivity contribution is 7.14. The molecule has 0 aliphatic carbocycles. The minimum Gasteiger partial charge on any atom is -0.480 e. The number of carboxylic acids is 1. The SMILES string of the molecule is CC(C)C(NC(=O)c1ccc(CN(C)c2nc(-c3ccc(Cl)cc3)cs2)cc1)C(=O)O. The molecule has 2 aromatic carbocycles. The van der Waals surface area contributed by atoms with Crippen LogP contribution in [0.15, 0.2) is 53.9 Å². The van der Waals surface area contributed by atoms with Crippen LogP contribution < -0.4 is 10.2 Å². The topological polar surface area (TPSA) is 82.5 Å². The molecular formula is C23H24ClN3O3S.